The zero-order valence-electron chi connectivity index (χ0n) is 16.9. The van der Waals surface area contributed by atoms with Crippen LogP contribution in [-0.4, -0.2) is 20.5 Å². The van der Waals surface area contributed by atoms with E-state index in [0.717, 1.165) is 17.1 Å². The van der Waals surface area contributed by atoms with Crippen LogP contribution in [0.2, 0.25) is 0 Å². The Morgan fingerprint density at radius 3 is 2.66 bits per heavy atom. The van der Waals surface area contributed by atoms with E-state index in [1.165, 1.54) is 0 Å². The van der Waals surface area contributed by atoms with Crippen molar-refractivity contribution in [3.8, 4) is 5.75 Å². The Balaban J connectivity index is 1.75. The third-order valence-corrected chi connectivity index (χ3v) is 5.61. The summed E-state index contributed by atoms with van der Waals surface area (Å²) in [6, 6.07) is 15.5. The molecule has 1 aromatic heterocycles. The summed E-state index contributed by atoms with van der Waals surface area (Å²) in [7, 11) is 0. The average molecular weight is 443 g/mol. The molecule has 32 heavy (non-hydrogen) atoms. The van der Waals surface area contributed by atoms with Gasteiger partial charge in [-0.3, -0.25) is 4.79 Å². The van der Waals surface area contributed by atoms with Crippen molar-refractivity contribution in [2.45, 2.75) is 13.5 Å². The lowest BCUT2D eigenvalue weighted by molar-refractivity contribution is 0.102. The van der Waals surface area contributed by atoms with Crippen LogP contribution in [0, 0.1) is 13.5 Å². The molecule has 0 unspecified atom stereocenters. The van der Waals surface area contributed by atoms with Crippen LogP contribution in [0.25, 0.3) is 15.6 Å². The lowest BCUT2D eigenvalue weighted by atomic mass is 10.0. The van der Waals surface area contributed by atoms with Gasteiger partial charge in [-0.2, -0.15) is 0 Å². The SMILES string of the molecule is [C-]#[N+]c1c(C)nsc1N=Nc1c(O)c(C(=O)Nc2ccc(CO)cc2)cc2ccccc12. The van der Waals surface area contributed by atoms with Gasteiger partial charge in [0.1, 0.15) is 5.69 Å². The van der Waals surface area contributed by atoms with Gasteiger partial charge in [-0.25, -0.2) is 9.22 Å². The van der Waals surface area contributed by atoms with E-state index in [1.54, 1.807) is 49.4 Å². The second-order valence-corrected chi connectivity index (χ2v) is 7.64. The lowest BCUT2D eigenvalue weighted by Gasteiger charge is -2.11. The standard InChI is InChI=1S/C23H17N5O3S/c1-13-19(24-2)23(32-28-13)27-26-20-17-6-4-3-5-15(17)11-18(21(20)30)22(31)25-16-9-7-14(12-29)8-10-16/h3-11,29-30H,12H2,1H3,(H,25,31). The van der Waals surface area contributed by atoms with Crippen molar-refractivity contribution in [3.05, 3.63) is 82.8 Å². The number of aryl methyl sites for hydroxylation is 1. The fraction of sp³-hybridized carbons (Fsp3) is 0.0870. The molecule has 0 atom stereocenters. The van der Waals surface area contributed by atoms with Gasteiger partial charge < -0.3 is 15.5 Å². The summed E-state index contributed by atoms with van der Waals surface area (Å²) >= 11 is 1.04. The number of rotatable bonds is 5. The number of phenols is 1. The molecule has 0 spiro atoms. The third kappa shape index (κ3) is 4.05. The van der Waals surface area contributed by atoms with Crippen molar-refractivity contribution in [2.24, 2.45) is 10.2 Å². The van der Waals surface area contributed by atoms with Gasteiger partial charge in [0.15, 0.2) is 10.8 Å². The number of benzene rings is 3. The van der Waals surface area contributed by atoms with Crippen LogP contribution >= 0.6 is 11.5 Å². The Morgan fingerprint density at radius 2 is 1.94 bits per heavy atom. The molecule has 3 aromatic carbocycles. The number of aromatic nitrogens is 1. The first-order valence-corrected chi connectivity index (χ1v) is 10.3. The maximum absolute atomic E-state index is 12.9. The number of aliphatic hydroxyl groups excluding tert-OH is 1. The number of phenolic OH excluding ortho intramolecular Hbond substituents is 1. The molecule has 0 bridgehead atoms. The fourth-order valence-corrected chi connectivity index (χ4v) is 3.79. The predicted octanol–water partition coefficient (Wildman–Crippen LogP) is 6.02. The van der Waals surface area contributed by atoms with Crippen molar-refractivity contribution in [1.82, 2.24) is 4.37 Å². The van der Waals surface area contributed by atoms with Gasteiger partial charge in [-0.15, -0.1) is 10.2 Å². The molecule has 0 saturated heterocycles. The van der Waals surface area contributed by atoms with Crippen molar-refractivity contribution in [2.75, 3.05) is 5.32 Å². The molecule has 0 aliphatic carbocycles. The highest BCUT2D eigenvalue weighted by atomic mass is 32.1. The Kier molecular flexibility index (Phi) is 5.89. The second-order valence-electron chi connectivity index (χ2n) is 6.89. The Bertz CT molecular complexity index is 1390. The van der Waals surface area contributed by atoms with Gasteiger partial charge in [-0.1, -0.05) is 36.4 Å². The van der Waals surface area contributed by atoms with Crippen molar-refractivity contribution in [3.63, 3.8) is 0 Å². The highest BCUT2D eigenvalue weighted by Gasteiger charge is 2.19. The van der Waals surface area contributed by atoms with Gasteiger partial charge in [-0.05, 0) is 47.6 Å². The van der Waals surface area contributed by atoms with Gasteiger partial charge in [0, 0.05) is 11.1 Å². The third-order valence-electron chi connectivity index (χ3n) is 4.80. The number of hydrogen-bond acceptors (Lipinski definition) is 7. The molecular formula is C23H17N5O3S. The first kappa shape index (κ1) is 21.1. The van der Waals surface area contributed by atoms with E-state index in [2.05, 4.69) is 24.8 Å². The minimum atomic E-state index is -0.517. The molecular weight excluding hydrogens is 426 g/mol. The van der Waals surface area contributed by atoms with E-state index in [1.807, 2.05) is 12.1 Å². The quantitative estimate of drug-likeness (QED) is 0.259. The number of aromatic hydroxyl groups is 1. The number of hydrogen-bond donors (Lipinski definition) is 3. The summed E-state index contributed by atoms with van der Waals surface area (Å²) < 4.78 is 4.12. The van der Waals surface area contributed by atoms with E-state index < -0.39 is 5.91 Å². The summed E-state index contributed by atoms with van der Waals surface area (Å²) in [4.78, 5) is 16.4. The maximum Gasteiger partial charge on any atom is 0.259 e. The number of carbonyl (C=O) groups excluding carboxylic acids is 1. The normalized spacial score (nSPS) is 11.0. The minimum absolute atomic E-state index is 0.0368. The van der Waals surface area contributed by atoms with Crippen LogP contribution in [-0.2, 0) is 6.61 Å². The Morgan fingerprint density at radius 1 is 1.19 bits per heavy atom. The summed E-state index contributed by atoms with van der Waals surface area (Å²) in [5, 5.41) is 32.8. The average Bonchev–Trinajstić information content (AvgIpc) is 3.17. The molecule has 1 heterocycles. The molecule has 4 aromatic rings. The number of amides is 1. The number of nitrogens with zero attached hydrogens (tertiary/aromatic N) is 4. The molecule has 0 saturated carbocycles. The number of azo groups is 1. The summed E-state index contributed by atoms with van der Waals surface area (Å²) in [5.74, 6) is -0.834. The second kappa shape index (κ2) is 8.93. The highest BCUT2D eigenvalue weighted by Crippen LogP contribution is 2.42. The molecule has 0 aliphatic rings. The summed E-state index contributed by atoms with van der Waals surface area (Å²) in [6.07, 6.45) is 0. The molecule has 0 radical (unpaired) electrons. The van der Waals surface area contributed by atoms with Crippen LogP contribution in [0.15, 0.2) is 64.8 Å². The molecule has 0 aliphatic heterocycles. The van der Waals surface area contributed by atoms with Gasteiger partial charge in [0.05, 0.1) is 24.4 Å². The van der Waals surface area contributed by atoms with E-state index >= 15 is 0 Å². The maximum atomic E-state index is 12.9. The minimum Gasteiger partial charge on any atom is -0.505 e. The first-order chi connectivity index (χ1) is 15.5. The van der Waals surface area contributed by atoms with Crippen LogP contribution in [0.1, 0.15) is 21.6 Å². The van der Waals surface area contributed by atoms with Crippen molar-refractivity contribution < 1.29 is 15.0 Å². The topological polar surface area (TPSA) is 112 Å². The van der Waals surface area contributed by atoms with E-state index in [0.29, 0.717) is 32.8 Å². The van der Waals surface area contributed by atoms with E-state index in [4.69, 9.17) is 11.7 Å². The van der Waals surface area contributed by atoms with Gasteiger partial charge >= 0.3 is 0 Å². The summed E-state index contributed by atoms with van der Waals surface area (Å²) in [5.41, 5.74) is 2.28. The van der Waals surface area contributed by atoms with E-state index in [9.17, 15) is 9.90 Å². The van der Waals surface area contributed by atoms with Crippen molar-refractivity contribution in [1.29, 1.82) is 0 Å². The fourth-order valence-electron chi connectivity index (χ4n) is 3.13. The molecule has 0 fully saturated rings. The molecule has 1 amide bonds. The smallest absolute Gasteiger partial charge is 0.259 e. The highest BCUT2D eigenvalue weighted by molar-refractivity contribution is 7.10. The molecule has 3 N–H and O–H groups in total. The number of carbonyl (C=O) groups is 1. The predicted molar refractivity (Wildman–Crippen MR) is 123 cm³/mol. The van der Waals surface area contributed by atoms with Gasteiger partial charge in [0.2, 0.25) is 5.69 Å². The van der Waals surface area contributed by atoms with Crippen LogP contribution in [0.3, 0.4) is 0 Å². The molecule has 9 heteroatoms. The Hall–Kier alpha value is -4.13. The monoisotopic (exact) mass is 443 g/mol. The molecule has 158 valence electrons. The Labute approximate surface area is 187 Å². The van der Waals surface area contributed by atoms with Crippen molar-refractivity contribution >= 4 is 50.3 Å². The zero-order valence-corrected chi connectivity index (χ0v) is 17.7. The lowest BCUT2D eigenvalue weighted by Crippen LogP contribution is -2.12. The number of nitrogens with one attached hydrogen (secondary N) is 1. The molecule has 8 nitrogen and oxygen atoms in total. The van der Waals surface area contributed by atoms with E-state index in [-0.39, 0.29) is 23.6 Å². The van der Waals surface area contributed by atoms with Crippen LogP contribution in [0.4, 0.5) is 22.1 Å². The number of fused-ring (bicyclic) bond motifs is 1. The number of aliphatic hydroxyl groups is 1. The van der Waals surface area contributed by atoms with Gasteiger partial charge in [0.25, 0.3) is 5.91 Å². The van der Waals surface area contributed by atoms with Crippen LogP contribution in [0.5, 0.6) is 5.75 Å². The van der Waals surface area contributed by atoms with Crippen LogP contribution < -0.4 is 5.32 Å². The summed E-state index contributed by atoms with van der Waals surface area (Å²) in [6.45, 7) is 8.92. The largest absolute Gasteiger partial charge is 0.505 e. The molecule has 4 rings (SSSR count). The zero-order chi connectivity index (χ0) is 22.7. The first-order valence-electron chi connectivity index (χ1n) is 9.53. The number of anilines is 1.